The number of hydrogen-bond acceptors (Lipinski definition) is 7. The molecular formula is C26H23F2N5O4S. The number of thioether (sulfide) groups is 1. The molecule has 0 saturated carbocycles. The first-order valence-electron chi connectivity index (χ1n) is 11.3. The fourth-order valence-electron chi connectivity index (χ4n) is 3.46. The third-order valence-corrected chi connectivity index (χ3v) is 6.23. The summed E-state index contributed by atoms with van der Waals surface area (Å²) in [6, 6.07) is 15.8. The van der Waals surface area contributed by atoms with Crippen LogP contribution in [0.5, 0.6) is 11.5 Å². The molecule has 4 rings (SSSR count). The van der Waals surface area contributed by atoms with Crippen LogP contribution in [0.4, 0.5) is 14.5 Å². The van der Waals surface area contributed by atoms with Gasteiger partial charge in [0, 0.05) is 16.9 Å². The van der Waals surface area contributed by atoms with Gasteiger partial charge < -0.3 is 20.1 Å². The average molecular weight is 540 g/mol. The van der Waals surface area contributed by atoms with Gasteiger partial charge in [0.15, 0.2) is 22.5 Å². The smallest absolute Gasteiger partial charge is 0.251 e. The van der Waals surface area contributed by atoms with Crippen molar-refractivity contribution >= 4 is 29.3 Å². The maximum atomic E-state index is 13.6. The number of benzene rings is 3. The van der Waals surface area contributed by atoms with Crippen molar-refractivity contribution in [3.63, 3.8) is 0 Å². The van der Waals surface area contributed by atoms with Gasteiger partial charge in [0.2, 0.25) is 5.91 Å². The Labute approximate surface area is 221 Å². The number of aromatic nitrogens is 3. The normalized spacial score (nSPS) is 10.6. The molecule has 4 aromatic rings. The van der Waals surface area contributed by atoms with Crippen LogP contribution in [-0.4, -0.2) is 46.6 Å². The van der Waals surface area contributed by atoms with Gasteiger partial charge in [-0.3, -0.25) is 14.2 Å². The van der Waals surface area contributed by atoms with Crippen LogP contribution in [0.3, 0.4) is 0 Å². The maximum Gasteiger partial charge on any atom is 0.251 e. The molecule has 0 saturated heterocycles. The van der Waals surface area contributed by atoms with Crippen molar-refractivity contribution in [3.05, 3.63) is 89.8 Å². The van der Waals surface area contributed by atoms with Gasteiger partial charge in [-0.15, -0.1) is 10.2 Å². The summed E-state index contributed by atoms with van der Waals surface area (Å²) in [6.07, 6.45) is 0. The number of hydrogen-bond donors (Lipinski definition) is 2. The Hall–Kier alpha value is -4.45. The molecule has 2 amide bonds. The van der Waals surface area contributed by atoms with Crippen molar-refractivity contribution in [2.45, 2.75) is 11.7 Å². The van der Waals surface area contributed by atoms with E-state index in [1.54, 1.807) is 34.9 Å². The summed E-state index contributed by atoms with van der Waals surface area (Å²) in [5.41, 5.74) is 1.35. The zero-order valence-electron chi connectivity index (χ0n) is 20.4. The molecule has 9 nitrogen and oxygen atoms in total. The summed E-state index contributed by atoms with van der Waals surface area (Å²) in [4.78, 5) is 25.2. The molecule has 0 aliphatic rings. The quantitative estimate of drug-likeness (QED) is 0.291. The number of methoxy groups -OCH3 is 2. The minimum atomic E-state index is -0.419. The van der Waals surface area contributed by atoms with Gasteiger partial charge in [-0.2, -0.15) is 0 Å². The van der Waals surface area contributed by atoms with Crippen LogP contribution in [0.25, 0.3) is 5.69 Å². The number of nitrogens with one attached hydrogen (secondary N) is 2. The molecule has 196 valence electrons. The lowest BCUT2D eigenvalue weighted by atomic mass is 10.2. The molecule has 0 fully saturated rings. The lowest BCUT2D eigenvalue weighted by Crippen LogP contribution is -2.24. The number of carbonyl (C=O) groups excluding carboxylic acids is 2. The van der Waals surface area contributed by atoms with E-state index >= 15 is 0 Å². The highest BCUT2D eigenvalue weighted by Crippen LogP contribution is 2.28. The van der Waals surface area contributed by atoms with Crippen LogP contribution in [0.15, 0.2) is 71.9 Å². The summed E-state index contributed by atoms with van der Waals surface area (Å²) in [7, 11) is 2.98. The Morgan fingerprint density at radius 1 is 0.895 bits per heavy atom. The Balaban J connectivity index is 1.50. The molecule has 0 aliphatic carbocycles. The highest BCUT2D eigenvalue weighted by molar-refractivity contribution is 7.99. The number of anilines is 1. The van der Waals surface area contributed by atoms with Crippen LogP contribution in [0.1, 0.15) is 16.2 Å². The van der Waals surface area contributed by atoms with Gasteiger partial charge in [0.1, 0.15) is 11.6 Å². The van der Waals surface area contributed by atoms with Gasteiger partial charge in [0.25, 0.3) is 5.91 Å². The molecule has 0 atom stereocenters. The average Bonchev–Trinajstić information content (AvgIpc) is 3.34. The largest absolute Gasteiger partial charge is 0.493 e. The zero-order chi connectivity index (χ0) is 27.1. The Morgan fingerprint density at radius 2 is 1.55 bits per heavy atom. The number of ether oxygens (including phenoxy) is 2. The Kier molecular flexibility index (Phi) is 8.54. The van der Waals surface area contributed by atoms with Gasteiger partial charge >= 0.3 is 0 Å². The van der Waals surface area contributed by atoms with Crippen LogP contribution >= 0.6 is 11.8 Å². The third-order valence-electron chi connectivity index (χ3n) is 5.30. The minimum Gasteiger partial charge on any atom is -0.493 e. The first-order valence-corrected chi connectivity index (χ1v) is 12.2. The molecular weight excluding hydrogens is 516 g/mol. The van der Waals surface area contributed by atoms with Gasteiger partial charge in [-0.1, -0.05) is 11.8 Å². The third kappa shape index (κ3) is 6.45. The predicted molar refractivity (Wildman–Crippen MR) is 138 cm³/mol. The van der Waals surface area contributed by atoms with E-state index in [0.717, 1.165) is 11.8 Å². The molecule has 1 aromatic heterocycles. The highest BCUT2D eigenvalue weighted by Gasteiger charge is 2.18. The topological polar surface area (TPSA) is 107 Å². The van der Waals surface area contributed by atoms with E-state index in [4.69, 9.17) is 9.47 Å². The summed E-state index contributed by atoms with van der Waals surface area (Å²) >= 11 is 1.10. The standard InChI is InChI=1S/C26H23F2N5O4S/c1-36-21-12-3-16(13-22(21)37-2)25(35)29-14-23-31-32-26(33(23)20-10-6-18(28)7-11-20)38-15-24(34)30-19-8-4-17(27)5-9-19/h3-13H,14-15H2,1-2H3,(H,29,35)(H,30,34). The van der Waals surface area contributed by atoms with Crippen LogP contribution in [-0.2, 0) is 11.3 Å². The van der Waals surface area contributed by atoms with Crippen molar-refractivity contribution < 1.29 is 27.8 Å². The molecule has 1 heterocycles. The summed E-state index contributed by atoms with van der Waals surface area (Å²) in [6.45, 7) is -0.000109. The minimum absolute atomic E-state index is 0.000109. The van der Waals surface area contributed by atoms with Crippen LogP contribution in [0.2, 0.25) is 0 Å². The van der Waals surface area contributed by atoms with Gasteiger partial charge in [-0.05, 0) is 66.7 Å². The molecule has 0 spiro atoms. The van der Waals surface area contributed by atoms with Gasteiger partial charge in [-0.25, -0.2) is 8.78 Å². The highest BCUT2D eigenvalue weighted by atomic mass is 32.2. The van der Waals surface area contributed by atoms with Crippen molar-refractivity contribution in [2.24, 2.45) is 0 Å². The van der Waals surface area contributed by atoms with E-state index < -0.39 is 11.6 Å². The number of carbonyl (C=O) groups is 2. The second kappa shape index (κ2) is 12.2. The first kappa shape index (κ1) is 26.6. The molecule has 38 heavy (non-hydrogen) atoms. The fraction of sp³-hybridized carbons (Fsp3) is 0.154. The van der Waals surface area contributed by atoms with Crippen molar-refractivity contribution in [2.75, 3.05) is 25.3 Å². The van der Waals surface area contributed by atoms with E-state index in [-0.39, 0.29) is 24.1 Å². The summed E-state index contributed by atoms with van der Waals surface area (Å²) in [5, 5.41) is 14.2. The number of nitrogens with zero attached hydrogens (tertiary/aromatic N) is 3. The number of halogens is 2. The number of amides is 2. The van der Waals surface area contributed by atoms with Crippen molar-refractivity contribution in [1.82, 2.24) is 20.1 Å². The van der Waals surface area contributed by atoms with Gasteiger partial charge in [0.05, 0.1) is 26.5 Å². The Bertz CT molecular complexity index is 1430. The SMILES string of the molecule is COc1ccc(C(=O)NCc2nnc(SCC(=O)Nc3ccc(F)cc3)n2-c2ccc(F)cc2)cc1OC. The Morgan fingerprint density at radius 3 is 2.21 bits per heavy atom. The first-order chi connectivity index (χ1) is 18.4. The molecule has 3 aromatic carbocycles. The molecule has 12 heteroatoms. The molecule has 0 bridgehead atoms. The predicted octanol–water partition coefficient (Wildman–Crippen LogP) is 4.22. The second-order valence-electron chi connectivity index (χ2n) is 7.81. The summed E-state index contributed by atoms with van der Waals surface area (Å²) < 4.78 is 38.8. The van der Waals surface area contributed by atoms with E-state index in [2.05, 4.69) is 20.8 Å². The van der Waals surface area contributed by atoms with Crippen LogP contribution in [0, 0.1) is 11.6 Å². The van der Waals surface area contributed by atoms with E-state index in [0.29, 0.717) is 39.4 Å². The van der Waals surface area contributed by atoms with Crippen molar-refractivity contribution in [1.29, 1.82) is 0 Å². The number of rotatable bonds is 10. The lowest BCUT2D eigenvalue weighted by Gasteiger charge is -2.12. The van der Waals surface area contributed by atoms with Crippen LogP contribution < -0.4 is 20.1 Å². The molecule has 2 N–H and O–H groups in total. The summed E-state index contributed by atoms with van der Waals surface area (Å²) in [5.74, 6) is -0.293. The molecule has 0 radical (unpaired) electrons. The monoisotopic (exact) mass is 539 g/mol. The van der Waals surface area contributed by atoms with Crippen molar-refractivity contribution in [3.8, 4) is 17.2 Å². The van der Waals surface area contributed by atoms with E-state index in [1.165, 1.54) is 50.6 Å². The van der Waals surface area contributed by atoms with E-state index in [1.807, 2.05) is 0 Å². The second-order valence-corrected chi connectivity index (χ2v) is 8.75. The molecule has 0 unspecified atom stereocenters. The zero-order valence-corrected chi connectivity index (χ0v) is 21.2. The fourth-order valence-corrected chi connectivity index (χ4v) is 4.23. The lowest BCUT2D eigenvalue weighted by molar-refractivity contribution is -0.113. The molecule has 0 aliphatic heterocycles. The van der Waals surface area contributed by atoms with E-state index in [9.17, 15) is 18.4 Å². The maximum absolute atomic E-state index is 13.6.